The molecule has 0 aliphatic heterocycles. The number of amides is 1. The van der Waals surface area contributed by atoms with Crippen LogP contribution in [0.1, 0.15) is 76.3 Å². The zero-order valence-electron chi connectivity index (χ0n) is 17.1. The highest BCUT2D eigenvalue weighted by molar-refractivity contribution is 6.24. The van der Waals surface area contributed by atoms with E-state index in [1.54, 1.807) is 0 Å². The van der Waals surface area contributed by atoms with Gasteiger partial charge in [-0.25, -0.2) is 0 Å². The molecule has 0 spiro atoms. The second-order valence-corrected chi connectivity index (χ2v) is 11.1. The van der Waals surface area contributed by atoms with Crippen molar-refractivity contribution in [2.24, 2.45) is 23.2 Å². The molecule has 5 atom stereocenters. The van der Waals surface area contributed by atoms with Crippen molar-refractivity contribution in [1.82, 2.24) is 5.32 Å². The monoisotopic (exact) mass is 387 g/mol. The quantitative estimate of drug-likeness (QED) is 0.625. The highest BCUT2D eigenvalue weighted by Crippen LogP contribution is 2.63. The van der Waals surface area contributed by atoms with Crippen LogP contribution in [0.2, 0.25) is 0 Å². The first kappa shape index (κ1) is 19.3. The number of benzene rings is 1. The van der Waals surface area contributed by atoms with Gasteiger partial charge >= 0.3 is 0 Å². The normalized spacial score (nSPS) is 35.4. The molecule has 5 rings (SSSR count). The Balaban J connectivity index is 1.36. The fraction of sp³-hybridized carbons (Fsp3) is 0.708. The molecule has 148 valence electrons. The Hall–Kier alpha value is -1.02. The number of rotatable bonds is 6. The Morgan fingerprint density at radius 2 is 1.74 bits per heavy atom. The summed E-state index contributed by atoms with van der Waals surface area (Å²) < 4.78 is 0. The maximum absolute atomic E-state index is 13.2. The van der Waals surface area contributed by atoms with Crippen molar-refractivity contribution in [1.29, 1.82) is 0 Å². The van der Waals surface area contributed by atoms with Crippen LogP contribution in [0.4, 0.5) is 0 Å². The van der Waals surface area contributed by atoms with Crippen molar-refractivity contribution in [3.63, 3.8) is 0 Å². The molecule has 1 aromatic rings. The number of halogens is 1. The second-order valence-electron chi connectivity index (χ2n) is 10.3. The molecule has 4 aliphatic rings. The summed E-state index contributed by atoms with van der Waals surface area (Å²) >= 11 is 6.89. The first-order valence-corrected chi connectivity index (χ1v) is 11.2. The number of carbonyl (C=O) groups excluding carboxylic acids is 1. The van der Waals surface area contributed by atoms with E-state index in [2.05, 4.69) is 50.4 Å². The van der Waals surface area contributed by atoms with E-state index in [9.17, 15) is 4.79 Å². The van der Waals surface area contributed by atoms with Crippen molar-refractivity contribution in [3.8, 4) is 0 Å². The van der Waals surface area contributed by atoms with E-state index in [4.69, 9.17) is 11.6 Å². The summed E-state index contributed by atoms with van der Waals surface area (Å²) in [7, 11) is 0. The van der Waals surface area contributed by atoms with E-state index >= 15 is 0 Å². The summed E-state index contributed by atoms with van der Waals surface area (Å²) in [4.78, 5) is 13.1. The van der Waals surface area contributed by atoms with Crippen LogP contribution in [-0.2, 0) is 11.2 Å². The van der Waals surface area contributed by atoms with Gasteiger partial charge < -0.3 is 5.32 Å². The second kappa shape index (κ2) is 7.10. The van der Waals surface area contributed by atoms with Gasteiger partial charge in [0.25, 0.3) is 0 Å². The van der Waals surface area contributed by atoms with Crippen molar-refractivity contribution in [3.05, 3.63) is 35.4 Å². The maximum atomic E-state index is 13.2. The van der Waals surface area contributed by atoms with Crippen LogP contribution in [0.3, 0.4) is 0 Å². The van der Waals surface area contributed by atoms with Crippen molar-refractivity contribution in [2.75, 3.05) is 6.54 Å². The van der Waals surface area contributed by atoms with Crippen LogP contribution in [0.25, 0.3) is 0 Å². The molecule has 0 aromatic heterocycles. The molecule has 4 aliphatic carbocycles. The largest absolute Gasteiger partial charge is 0.355 e. The molecule has 3 heteroatoms. The SMILES string of the molecule is CC(C)Cc1ccc([C@@H](C)CNC(=O)C23C[C@@H]4C[C@@H](CC(Cl)(C4)C2)C3)cc1. The number of hydrogen-bond donors (Lipinski definition) is 1. The molecule has 2 unspecified atom stereocenters. The van der Waals surface area contributed by atoms with E-state index in [1.807, 2.05) is 0 Å². The third kappa shape index (κ3) is 3.92. The Morgan fingerprint density at radius 1 is 1.11 bits per heavy atom. The van der Waals surface area contributed by atoms with Gasteiger partial charge in [-0.15, -0.1) is 11.6 Å². The zero-order chi connectivity index (χ0) is 19.2. The number of carbonyl (C=O) groups is 1. The Bertz CT molecular complexity index is 681. The van der Waals surface area contributed by atoms with Gasteiger partial charge in [0, 0.05) is 11.4 Å². The molecule has 27 heavy (non-hydrogen) atoms. The summed E-state index contributed by atoms with van der Waals surface area (Å²) in [6, 6.07) is 8.94. The molecule has 1 N–H and O–H groups in total. The molecule has 1 amide bonds. The number of nitrogens with one attached hydrogen (secondary N) is 1. The smallest absolute Gasteiger partial charge is 0.226 e. The Morgan fingerprint density at radius 3 is 2.30 bits per heavy atom. The predicted molar refractivity (Wildman–Crippen MR) is 112 cm³/mol. The summed E-state index contributed by atoms with van der Waals surface area (Å²) in [6.07, 6.45) is 7.67. The van der Waals surface area contributed by atoms with E-state index in [1.165, 1.54) is 17.5 Å². The van der Waals surface area contributed by atoms with E-state index in [-0.39, 0.29) is 16.2 Å². The third-order valence-electron chi connectivity index (χ3n) is 7.23. The summed E-state index contributed by atoms with van der Waals surface area (Å²) in [5.74, 6) is 2.62. The van der Waals surface area contributed by atoms with Crippen LogP contribution in [0, 0.1) is 23.2 Å². The molecule has 4 bridgehead atoms. The van der Waals surface area contributed by atoms with Crippen LogP contribution < -0.4 is 5.32 Å². The third-order valence-corrected chi connectivity index (χ3v) is 7.68. The van der Waals surface area contributed by atoms with Crippen LogP contribution in [0.15, 0.2) is 24.3 Å². The molecule has 4 saturated carbocycles. The molecular weight excluding hydrogens is 354 g/mol. The standard InChI is InChI=1S/C24H34ClNO/c1-16(2)8-18-4-6-21(7-5-18)17(3)14-26-22(27)23-10-19-9-20(11-23)13-24(25,12-19)15-23/h4-7,16-17,19-20H,8-15H2,1-3H3,(H,26,27)/t17-,19-,20+,23?,24?/m0/s1. The molecule has 0 saturated heterocycles. The minimum Gasteiger partial charge on any atom is -0.355 e. The van der Waals surface area contributed by atoms with Crippen LogP contribution >= 0.6 is 11.6 Å². The lowest BCUT2D eigenvalue weighted by molar-refractivity contribution is -0.144. The first-order chi connectivity index (χ1) is 12.8. The predicted octanol–water partition coefficient (Wildman–Crippen LogP) is 5.68. The zero-order valence-corrected chi connectivity index (χ0v) is 17.8. The van der Waals surface area contributed by atoms with E-state index in [0.29, 0.717) is 30.2 Å². The molecule has 1 aromatic carbocycles. The fourth-order valence-electron chi connectivity index (χ4n) is 6.42. The van der Waals surface area contributed by atoms with E-state index in [0.717, 1.165) is 38.5 Å². The molecule has 0 heterocycles. The lowest BCUT2D eigenvalue weighted by atomic mass is 9.49. The maximum Gasteiger partial charge on any atom is 0.226 e. The highest BCUT2D eigenvalue weighted by Gasteiger charge is 2.59. The lowest BCUT2D eigenvalue weighted by Crippen LogP contribution is -2.58. The average molecular weight is 388 g/mol. The van der Waals surface area contributed by atoms with Gasteiger partial charge in [0.05, 0.1) is 5.41 Å². The summed E-state index contributed by atoms with van der Waals surface area (Å²) in [6.45, 7) is 7.43. The van der Waals surface area contributed by atoms with Crippen LogP contribution in [0.5, 0.6) is 0 Å². The highest BCUT2D eigenvalue weighted by atomic mass is 35.5. The fourth-order valence-corrected chi connectivity index (χ4v) is 7.11. The minimum atomic E-state index is -0.188. The number of alkyl halides is 1. The van der Waals surface area contributed by atoms with E-state index < -0.39 is 0 Å². The van der Waals surface area contributed by atoms with Gasteiger partial charge in [0.15, 0.2) is 0 Å². The van der Waals surface area contributed by atoms with Gasteiger partial charge in [-0.1, -0.05) is 45.0 Å². The average Bonchev–Trinajstić information content (AvgIpc) is 2.57. The van der Waals surface area contributed by atoms with Crippen molar-refractivity contribution in [2.45, 2.75) is 76.5 Å². The van der Waals surface area contributed by atoms with Gasteiger partial charge in [0.1, 0.15) is 0 Å². The van der Waals surface area contributed by atoms with Crippen LogP contribution in [-0.4, -0.2) is 17.3 Å². The topological polar surface area (TPSA) is 29.1 Å². The van der Waals surface area contributed by atoms with Gasteiger partial charge in [-0.3, -0.25) is 4.79 Å². The van der Waals surface area contributed by atoms with Crippen molar-refractivity contribution >= 4 is 17.5 Å². The molecule has 0 radical (unpaired) electrons. The van der Waals surface area contributed by atoms with Gasteiger partial charge in [0.2, 0.25) is 5.91 Å². The molecular formula is C24H34ClNO. The molecule has 4 fully saturated rings. The van der Waals surface area contributed by atoms with Crippen molar-refractivity contribution < 1.29 is 4.79 Å². The number of hydrogen-bond acceptors (Lipinski definition) is 1. The Kier molecular flexibility index (Phi) is 5.08. The van der Waals surface area contributed by atoms with Gasteiger partial charge in [-0.2, -0.15) is 0 Å². The Labute approximate surface area is 169 Å². The summed E-state index contributed by atoms with van der Waals surface area (Å²) in [5, 5.41) is 3.30. The first-order valence-electron chi connectivity index (χ1n) is 10.8. The lowest BCUT2D eigenvalue weighted by Gasteiger charge is -2.59. The minimum absolute atomic E-state index is 0.0979. The van der Waals surface area contributed by atoms with Gasteiger partial charge in [-0.05, 0) is 79.7 Å². The summed E-state index contributed by atoms with van der Waals surface area (Å²) in [5.41, 5.74) is 2.51. The molecule has 2 nitrogen and oxygen atoms in total.